The lowest BCUT2D eigenvalue weighted by Crippen LogP contribution is -2.03. The van der Waals surface area contributed by atoms with E-state index < -0.39 is 6.16 Å². The van der Waals surface area contributed by atoms with Crippen LogP contribution in [0, 0.1) is 0 Å². The molecule has 0 spiro atoms. The Morgan fingerprint density at radius 1 is 1.00 bits per heavy atom. The molecule has 0 saturated carbocycles. The van der Waals surface area contributed by atoms with Crippen LogP contribution in [-0.4, -0.2) is 6.16 Å². The summed E-state index contributed by atoms with van der Waals surface area (Å²) < 4.78 is 9.86. The topological polar surface area (TPSA) is 35.5 Å². The Labute approximate surface area is 133 Å². The molecule has 1 aromatic carbocycles. The zero-order valence-corrected chi connectivity index (χ0v) is 13.4. The van der Waals surface area contributed by atoms with Crippen molar-refractivity contribution < 1.29 is 14.3 Å². The van der Waals surface area contributed by atoms with Gasteiger partial charge in [0.2, 0.25) is 0 Å². The molecule has 0 saturated heterocycles. The van der Waals surface area contributed by atoms with Gasteiger partial charge in [-0.05, 0) is 44.2 Å². The van der Waals surface area contributed by atoms with Crippen LogP contribution in [0.5, 0.6) is 0 Å². The molecule has 0 bridgehead atoms. The van der Waals surface area contributed by atoms with Crippen molar-refractivity contribution in [1.29, 1.82) is 0 Å². The van der Waals surface area contributed by atoms with Gasteiger partial charge < -0.3 is 9.47 Å². The summed E-state index contributed by atoms with van der Waals surface area (Å²) in [6.45, 7) is 2.29. The molecule has 0 aliphatic carbocycles. The molecular formula is C19H26O3. The lowest BCUT2D eigenvalue weighted by molar-refractivity contribution is 0.0785. The van der Waals surface area contributed by atoms with Gasteiger partial charge >= 0.3 is 6.16 Å². The third-order valence-electron chi connectivity index (χ3n) is 3.19. The minimum atomic E-state index is -0.661. The summed E-state index contributed by atoms with van der Waals surface area (Å²) in [4.78, 5) is 11.3. The first kappa shape index (κ1) is 18.0. The standard InChI is InChI=1S/C19H26O3/c1-2-3-4-5-6-7-8-9-13-16-21-19(20)22-17-18-14-11-10-12-15-18/h2-3,10-16H,4-9,17H2,1H3. The Balaban J connectivity index is 1.97. The molecule has 0 N–H and O–H groups in total. The molecule has 3 nitrogen and oxygen atoms in total. The maximum absolute atomic E-state index is 11.3. The molecule has 0 fully saturated rings. The maximum Gasteiger partial charge on any atom is 0.513 e. The number of ether oxygens (including phenoxy) is 2. The molecule has 0 unspecified atom stereocenters. The first-order chi connectivity index (χ1) is 10.8. The van der Waals surface area contributed by atoms with E-state index in [-0.39, 0.29) is 6.61 Å². The Bertz CT molecular complexity index is 449. The zero-order valence-electron chi connectivity index (χ0n) is 13.4. The van der Waals surface area contributed by atoms with Gasteiger partial charge in [0.05, 0.1) is 6.26 Å². The first-order valence-corrected chi connectivity index (χ1v) is 7.96. The van der Waals surface area contributed by atoms with Crippen LogP contribution in [0.3, 0.4) is 0 Å². The van der Waals surface area contributed by atoms with Crippen molar-refractivity contribution in [2.45, 2.75) is 52.1 Å². The van der Waals surface area contributed by atoms with Gasteiger partial charge in [0, 0.05) is 0 Å². The third kappa shape index (κ3) is 9.81. The average Bonchev–Trinajstić information content (AvgIpc) is 2.55. The molecule has 0 aliphatic rings. The number of hydrogen-bond acceptors (Lipinski definition) is 3. The number of carbonyl (C=O) groups is 1. The number of unbranched alkanes of at least 4 members (excludes halogenated alkanes) is 5. The highest BCUT2D eigenvalue weighted by atomic mass is 16.7. The summed E-state index contributed by atoms with van der Waals surface area (Å²) in [6, 6.07) is 9.54. The Morgan fingerprint density at radius 2 is 1.68 bits per heavy atom. The van der Waals surface area contributed by atoms with Gasteiger partial charge in [-0.25, -0.2) is 4.79 Å². The zero-order chi connectivity index (χ0) is 15.9. The highest BCUT2D eigenvalue weighted by Crippen LogP contribution is 2.07. The van der Waals surface area contributed by atoms with Crippen LogP contribution in [0.25, 0.3) is 0 Å². The minimum absolute atomic E-state index is 0.236. The monoisotopic (exact) mass is 302 g/mol. The summed E-state index contributed by atoms with van der Waals surface area (Å²) in [5, 5.41) is 0. The van der Waals surface area contributed by atoms with Crippen LogP contribution in [0.2, 0.25) is 0 Å². The van der Waals surface area contributed by atoms with Gasteiger partial charge in [0.1, 0.15) is 6.61 Å². The van der Waals surface area contributed by atoms with Crippen molar-refractivity contribution in [3.05, 3.63) is 60.4 Å². The molecule has 0 radical (unpaired) electrons. The fourth-order valence-electron chi connectivity index (χ4n) is 1.97. The molecule has 1 rings (SSSR count). The lowest BCUT2D eigenvalue weighted by atomic mass is 10.1. The Morgan fingerprint density at radius 3 is 2.36 bits per heavy atom. The fraction of sp³-hybridized carbons (Fsp3) is 0.421. The van der Waals surface area contributed by atoms with Crippen molar-refractivity contribution in [2.75, 3.05) is 0 Å². The van der Waals surface area contributed by atoms with Crippen molar-refractivity contribution in [1.82, 2.24) is 0 Å². The average molecular weight is 302 g/mol. The van der Waals surface area contributed by atoms with Crippen LogP contribution < -0.4 is 0 Å². The molecule has 0 aliphatic heterocycles. The summed E-state index contributed by atoms with van der Waals surface area (Å²) in [5.41, 5.74) is 0.946. The van der Waals surface area contributed by atoms with Gasteiger partial charge in [-0.2, -0.15) is 0 Å². The van der Waals surface area contributed by atoms with Gasteiger partial charge in [-0.1, -0.05) is 55.3 Å². The van der Waals surface area contributed by atoms with Crippen molar-refractivity contribution in [3.63, 3.8) is 0 Å². The second kappa shape index (κ2) is 12.7. The normalized spacial score (nSPS) is 11.1. The smallest absolute Gasteiger partial charge is 0.429 e. The predicted octanol–water partition coefficient (Wildman–Crippen LogP) is 5.77. The Hall–Kier alpha value is -2.03. The largest absolute Gasteiger partial charge is 0.513 e. The van der Waals surface area contributed by atoms with E-state index in [4.69, 9.17) is 9.47 Å². The molecule has 0 atom stereocenters. The summed E-state index contributed by atoms with van der Waals surface area (Å²) in [7, 11) is 0. The van der Waals surface area contributed by atoms with Crippen LogP contribution >= 0.6 is 0 Å². The summed E-state index contributed by atoms with van der Waals surface area (Å²) in [5.74, 6) is 0. The maximum atomic E-state index is 11.3. The van der Waals surface area contributed by atoms with E-state index in [2.05, 4.69) is 19.1 Å². The van der Waals surface area contributed by atoms with Crippen LogP contribution in [0.15, 0.2) is 54.8 Å². The highest BCUT2D eigenvalue weighted by Gasteiger charge is 2.01. The van der Waals surface area contributed by atoms with Crippen molar-refractivity contribution >= 4 is 6.16 Å². The first-order valence-electron chi connectivity index (χ1n) is 7.96. The lowest BCUT2D eigenvalue weighted by Gasteiger charge is -2.02. The highest BCUT2D eigenvalue weighted by molar-refractivity contribution is 5.60. The van der Waals surface area contributed by atoms with E-state index in [1.165, 1.54) is 31.9 Å². The molecule has 22 heavy (non-hydrogen) atoms. The van der Waals surface area contributed by atoms with Gasteiger partial charge in [-0.15, -0.1) is 0 Å². The number of rotatable bonds is 10. The fourth-order valence-corrected chi connectivity index (χ4v) is 1.97. The Kier molecular flexibility index (Phi) is 10.4. The van der Waals surface area contributed by atoms with Crippen molar-refractivity contribution in [2.24, 2.45) is 0 Å². The molecular weight excluding hydrogens is 276 g/mol. The van der Waals surface area contributed by atoms with Gasteiger partial charge in [0.15, 0.2) is 0 Å². The number of hydrogen-bond donors (Lipinski definition) is 0. The van der Waals surface area contributed by atoms with E-state index in [0.717, 1.165) is 18.4 Å². The number of carbonyl (C=O) groups excluding carboxylic acids is 1. The van der Waals surface area contributed by atoms with Gasteiger partial charge in [0.25, 0.3) is 0 Å². The van der Waals surface area contributed by atoms with Crippen LogP contribution in [-0.2, 0) is 16.1 Å². The quantitative estimate of drug-likeness (QED) is 0.238. The second-order valence-corrected chi connectivity index (χ2v) is 5.07. The minimum Gasteiger partial charge on any atom is -0.429 e. The van der Waals surface area contributed by atoms with Gasteiger partial charge in [-0.3, -0.25) is 0 Å². The van der Waals surface area contributed by atoms with Crippen LogP contribution in [0.4, 0.5) is 4.79 Å². The molecule has 0 aromatic heterocycles. The SMILES string of the molecule is CC=CCCCCCCC=COC(=O)OCc1ccccc1. The third-order valence-corrected chi connectivity index (χ3v) is 3.19. The summed E-state index contributed by atoms with van der Waals surface area (Å²) >= 11 is 0. The summed E-state index contributed by atoms with van der Waals surface area (Å²) in [6.07, 6.45) is 13.8. The van der Waals surface area contributed by atoms with E-state index in [0.29, 0.717) is 0 Å². The van der Waals surface area contributed by atoms with Crippen molar-refractivity contribution in [3.8, 4) is 0 Å². The number of allylic oxidation sites excluding steroid dienone is 3. The van der Waals surface area contributed by atoms with E-state index in [1.807, 2.05) is 36.4 Å². The van der Waals surface area contributed by atoms with E-state index in [1.54, 1.807) is 0 Å². The molecule has 0 amide bonds. The molecule has 0 heterocycles. The van der Waals surface area contributed by atoms with E-state index in [9.17, 15) is 4.79 Å². The molecule has 3 heteroatoms. The second-order valence-electron chi connectivity index (χ2n) is 5.07. The molecule has 1 aromatic rings. The van der Waals surface area contributed by atoms with E-state index >= 15 is 0 Å². The molecule has 120 valence electrons. The van der Waals surface area contributed by atoms with Crippen LogP contribution in [0.1, 0.15) is 51.0 Å². The predicted molar refractivity (Wildman–Crippen MR) is 89.4 cm³/mol. The number of benzene rings is 1.